The molecular weight excluding hydrogens is 269 g/mol. The second-order valence-electron chi connectivity index (χ2n) is 3.01. The number of hydrogen-bond donors (Lipinski definition) is 1. The van der Waals surface area contributed by atoms with Gasteiger partial charge in [-0.25, -0.2) is 9.97 Å². The van der Waals surface area contributed by atoms with E-state index in [9.17, 15) is 0 Å². The number of rotatable bonds is 1. The van der Waals surface area contributed by atoms with Crippen molar-refractivity contribution >= 4 is 45.9 Å². The number of nitrogens with zero attached hydrogens (tertiary/aromatic N) is 4. The number of hydrogen-bond acceptors (Lipinski definition) is 5. The van der Waals surface area contributed by atoms with Gasteiger partial charge in [-0.3, -0.25) is 0 Å². The van der Waals surface area contributed by atoms with Crippen LogP contribution in [-0.2, 0) is 0 Å². The first-order valence-corrected chi connectivity index (χ1v) is 5.82. The van der Waals surface area contributed by atoms with E-state index in [1.54, 1.807) is 11.4 Å². The van der Waals surface area contributed by atoms with Crippen LogP contribution in [0.25, 0.3) is 22.7 Å². The Morgan fingerprint density at radius 3 is 2.88 bits per heavy atom. The summed E-state index contributed by atoms with van der Waals surface area (Å²) in [6.45, 7) is 0. The third-order valence-electron chi connectivity index (χ3n) is 1.99. The highest BCUT2D eigenvalue weighted by Gasteiger charge is 2.10. The van der Waals surface area contributed by atoms with Crippen LogP contribution in [-0.4, -0.2) is 24.5 Å². The van der Waals surface area contributed by atoms with Crippen molar-refractivity contribution in [2.24, 2.45) is 0 Å². The predicted molar refractivity (Wildman–Crippen MR) is 62.8 cm³/mol. The van der Waals surface area contributed by atoms with Gasteiger partial charge in [0.1, 0.15) is 10.8 Å². The average molecular weight is 272 g/mol. The van der Waals surface area contributed by atoms with Gasteiger partial charge in [0.25, 0.3) is 0 Å². The Balaban J connectivity index is 2.23. The monoisotopic (exact) mass is 271 g/mol. The number of H-pyrrole nitrogens is 1. The van der Waals surface area contributed by atoms with Crippen LogP contribution in [0, 0.1) is 0 Å². The number of pyridine rings is 1. The van der Waals surface area contributed by atoms with Gasteiger partial charge in [0, 0.05) is 5.38 Å². The molecule has 0 saturated carbocycles. The Bertz CT molecular complexity index is 609. The molecule has 0 radical (unpaired) electrons. The maximum absolute atomic E-state index is 5.85. The Kier molecular flexibility index (Phi) is 2.27. The maximum Gasteiger partial charge on any atom is 0.179 e. The van der Waals surface area contributed by atoms with Crippen molar-refractivity contribution in [3.8, 4) is 11.5 Å². The molecule has 0 fully saturated rings. The van der Waals surface area contributed by atoms with Gasteiger partial charge in [-0.2, -0.15) is 0 Å². The van der Waals surface area contributed by atoms with Gasteiger partial charge in [0.05, 0.1) is 10.5 Å². The number of aromatic amines is 1. The van der Waals surface area contributed by atoms with Crippen molar-refractivity contribution in [1.29, 1.82) is 0 Å². The fourth-order valence-electron chi connectivity index (χ4n) is 1.29. The van der Waals surface area contributed by atoms with Gasteiger partial charge >= 0.3 is 0 Å². The average Bonchev–Trinajstić information content (AvgIpc) is 2.86. The van der Waals surface area contributed by atoms with Crippen molar-refractivity contribution in [3.05, 3.63) is 21.6 Å². The van der Waals surface area contributed by atoms with E-state index in [1.807, 2.05) is 0 Å². The van der Waals surface area contributed by atoms with Crippen LogP contribution in [0.4, 0.5) is 0 Å². The van der Waals surface area contributed by atoms with Gasteiger partial charge in [-0.1, -0.05) is 27.7 Å². The lowest BCUT2D eigenvalue weighted by Gasteiger charge is -1.92. The second-order valence-corrected chi connectivity index (χ2v) is 4.38. The maximum atomic E-state index is 5.85. The molecule has 3 heterocycles. The molecule has 0 aliphatic rings. The zero-order valence-corrected chi connectivity index (χ0v) is 9.94. The fraction of sp³-hybridized carbons (Fsp3) is 0. The first-order chi connectivity index (χ1) is 7.74. The highest BCUT2D eigenvalue weighted by atomic mass is 35.5. The van der Waals surface area contributed by atoms with E-state index in [0.29, 0.717) is 22.2 Å². The molecule has 5 nitrogen and oxygen atoms in total. The van der Waals surface area contributed by atoms with Crippen LogP contribution in [0.1, 0.15) is 0 Å². The zero-order valence-electron chi connectivity index (χ0n) is 7.61. The van der Waals surface area contributed by atoms with Crippen LogP contribution in [0.5, 0.6) is 0 Å². The SMILES string of the molecule is Clc1cc2[nH]c(-c3csnn3)nc2nc1Cl. The summed E-state index contributed by atoms with van der Waals surface area (Å²) in [4.78, 5) is 11.4. The van der Waals surface area contributed by atoms with Crippen molar-refractivity contribution in [2.45, 2.75) is 0 Å². The number of aromatic nitrogens is 5. The van der Waals surface area contributed by atoms with Crippen molar-refractivity contribution in [1.82, 2.24) is 24.5 Å². The minimum atomic E-state index is 0.239. The quantitative estimate of drug-likeness (QED) is 0.691. The topological polar surface area (TPSA) is 67.3 Å². The molecule has 0 atom stereocenters. The van der Waals surface area contributed by atoms with Crippen LogP contribution < -0.4 is 0 Å². The summed E-state index contributed by atoms with van der Waals surface area (Å²) < 4.78 is 3.76. The standard InChI is InChI=1S/C8H3Cl2N5S/c9-3-1-4-7(12-6(3)10)13-8(11-4)5-2-16-15-14-5/h1-2H,(H,11,12,13). The molecule has 3 aromatic heterocycles. The van der Waals surface area contributed by atoms with Crippen LogP contribution >= 0.6 is 34.7 Å². The molecule has 3 aromatic rings. The largest absolute Gasteiger partial charge is 0.335 e. The Labute approximate surface area is 104 Å². The molecule has 0 unspecified atom stereocenters. The summed E-state index contributed by atoms with van der Waals surface area (Å²) in [7, 11) is 0. The molecule has 8 heteroatoms. The van der Waals surface area contributed by atoms with Crippen LogP contribution in [0.2, 0.25) is 10.2 Å². The summed E-state index contributed by atoms with van der Waals surface area (Å²) >= 11 is 12.9. The normalized spacial score (nSPS) is 11.1. The molecule has 0 amide bonds. The third-order valence-corrected chi connectivity index (χ3v) is 3.16. The van der Waals surface area contributed by atoms with Gasteiger partial charge in [0.2, 0.25) is 0 Å². The van der Waals surface area contributed by atoms with Crippen molar-refractivity contribution in [3.63, 3.8) is 0 Å². The van der Waals surface area contributed by atoms with Gasteiger partial charge in [0.15, 0.2) is 11.5 Å². The summed E-state index contributed by atoms with van der Waals surface area (Å²) in [5, 5.41) is 6.33. The van der Waals surface area contributed by atoms with Crippen molar-refractivity contribution in [2.75, 3.05) is 0 Å². The summed E-state index contributed by atoms with van der Waals surface area (Å²) in [5.41, 5.74) is 1.91. The Morgan fingerprint density at radius 1 is 1.25 bits per heavy atom. The van der Waals surface area contributed by atoms with Gasteiger partial charge in [-0.15, -0.1) is 5.10 Å². The Morgan fingerprint density at radius 2 is 2.12 bits per heavy atom. The highest BCUT2D eigenvalue weighted by molar-refractivity contribution is 7.03. The minimum Gasteiger partial charge on any atom is -0.335 e. The Hall–Kier alpha value is -1.24. The molecule has 0 bridgehead atoms. The lowest BCUT2D eigenvalue weighted by Crippen LogP contribution is -1.80. The van der Waals surface area contributed by atoms with Gasteiger partial charge in [-0.05, 0) is 17.6 Å². The van der Waals surface area contributed by atoms with Crippen LogP contribution in [0.3, 0.4) is 0 Å². The molecule has 0 aliphatic carbocycles. The second kappa shape index (κ2) is 3.65. The van der Waals surface area contributed by atoms with E-state index in [-0.39, 0.29) is 5.15 Å². The number of imidazole rings is 1. The lowest BCUT2D eigenvalue weighted by molar-refractivity contribution is 1.13. The molecular formula is C8H3Cl2N5S. The van der Waals surface area contributed by atoms with Gasteiger partial charge < -0.3 is 4.98 Å². The molecule has 80 valence electrons. The minimum absolute atomic E-state index is 0.239. The lowest BCUT2D eigenvalue weighted by atomic mass is 10.4. The van der Waals surface area contributed by atoms with E-state index >= 15 is 0 Å². The van der Waals surface area contributed by atoms with E-state index in [2.05, 4.69) is 24.5 Å². The molecule has 0 spiro atoms. The third kappa shape index (κ3) is 1.55. The molecule has 0 aromatic carbocycles. The first kappa shape index (κ1) is 9.95. The zero-order chi connectivity index (χ0) is 11.1. The molecule has 16 heavy (non-hydrogen) atoms. The molecule has 0 saturated heterocycles. The molecule has 1 N–H and O–H groups in total. The highest BCUT2D eigenvalue weighted by Crippen LogP contribution is 2.25. The van der Waals surface area contributed by atoms with Crippen molar-refractivity contribution < 1.29 is 0 Å². The van der Waals surface area contributed by atoms with E-state index in [0.717, 1.165) is 5.52 Å². The molecule has 0 aliphatic heterocycles. The predicted octanol–water partition coefficient (Wildman–Crippen LogP) is 2.78. The molecule has 3 rings (SSSR count). The summed E-state index contributed by atoms with van der Waals surface area (Å²) in [6.07, 6.45) is 0. The number of halogens is 2. The number of fused-ring (bicyclic) bond motifs is 1. The van der Waals surface area contributed by atoms with Crippen LogP contribution in [0.15, 0.2) is 11.4 Å². The summed E-state index contributed by atoms with van der Waals surface area (Å²) in [6, 6.07) is 1.68. The fourth-order valence-corrected chi connectivity index (χ4v) is 2.01. The number of nitrogens with one attached hydrogen (secondary N) is 1. The van der Waals surface area contributed by atoms with E-state index < -0.39 is 0 Å². The smallest absolute Gasteiger partial charge is 0.179 e. The summed E-state index contributed by atoms with van der Waals surface area (Å²) in [5.74, 6) is 0.606. The first-order valence-electron chi connectivity index (χ1n) is 4.23. The van der Waals surface area contributed by atoms with E-state index in [4.69, 9.17) is 23.2 Å². The van der Waals surface area contributed by atoms with E-state index in [1.165, 1.54) is 11.5 Å².